The van der Waals surface area contributed by atoms with Gasteiger partial charge in [-0.1, -0.05) is 6.92 Å². The molecule has 3 aromatic heterocycles. The highest BCUT2D eigenvalue weighted by Gasteiger charge is 2.22. The Morgan fingerprint density at radius 2 is 2.38 bits per heavy atom. The molecule has 0 aromatic carbocycles. The first-order valence-corrected chi connectivity index (χ1v) is 8.14. The van der Waals surface area contributed by atoms with E-state index in [2.05, 4.69) is 22.2 Å². The van der Waals surface area contributed by atoms with Gasteiger partial charge in [0.05, 0.1) is 18.2 Å². The molecule has 5 heteroatoms. The van der Waals surface area contributed by atoms with Gasteiger partial charge >= 0.3 is 0 Å². The van der Waals surface area contributed by atoms with Crippen molar-refractivity contribution in [2.45, 2.75) is 32.7 Å². The Balaban J connectivity index is 1.72. The van der Waals surface area contributed by atoms with Crippen LogP contribution < -0.4 is 5.32 Å². The number of aromatic nitrogens is 2. The van der Waals surface area contributed by atoms with Gasteiger partial charge in [0.1, 0.15) is 22.7 Å². The highest BCUT2D eigenvalue weighted by Crippen LogP contribution is 2.39. The quantitative estimate of drug-likeness (QED) is 0.793. The van der Waals surface area contributed by atoms with Crippen molar-refractivity contribution in [1.29, 1.82) is 0 Å². The van der Waals surface area contributed by atoms with Gasteiger partial charge in [0.25, 0.3) is 0 Å². The van der Waals surface area contributed by atoms with E-state index < -0.39 is 0 Å². The average molecular weight is 299 g/mol. The minimum Gasteiger partial charge on any atom is -0.467 e. The molecular weight excluding hydrogens is 282 g/mol. The lowest BCUT2D eigenvalue weighted by atomic mass is 9.89. The van der Waals surface area contributed by atoms with Gasteiger partial charge in [-0.15, -0.1) is 11.3 Å². The fourth-order valence-electron chi connectivity index (χ4n) is 2.99. The number of nitrogens with one attached hydrogen (secondary N) is 1. The van der Waals surface area contributed by atoms with E-state index in [1.165, 1.54) is 28.7 Å². The molecule has 3 heterocycles. The Kier molecular flexibility index (Phi) is 3.15. The van der Waals surface area contributed by atoms with Crippen LogP contribution in [0.25, 0.3) is 10.2 Å². The molecule has 1 aliphatic rings. The zero-order valence-electron chi connectivity index (χ0n) is 11.9. The van der Waals surface area contributed by atoms with Crippen LogP contribution in [0.1, 0.15) is 29.5 Å². The van der Waals surface area contributed by atoms with Gasteiger partial charge in [0.2, 0.25) is 0 Å². The molecule has 108 valence electrons. The fraction of sp³-hybridized carbons (Fsp3) is 0.375. The molecule has 0 saturated carbocycles. The number of furan rings is 1. The monoisotopic (exact) mass is 299 g/mol. The van der Waals surface area contributed by atoms with Gasteiger partial charge in [0.15, 0.2) is 0 Å². The second-order valence-electron chi connectivity index (χ2n) is 5.69. The van der Waals surface area contributed by atoms with Gasteiger partial charge in [-0.2, -0.15) is 0 Å². The molecular formula is C16H17N3OS. The van der Waals surface area contributed by atoms with Gasteiger partial charge in [0, 0.05) is 4.88 Å². The Labute approximate surface area is 127 Å². The minimum atomic E-state index is 0.653. The van der Waals surface area contributed by atoms with Crippen molar-refractivity contribution in [3.63, 3.8) is 0 Å². The topological polar surface area (TPSA) is 51.0 Å². The van der Waals surface area contributed by atoms with E-state index >= 15 is 0 Å². The molecule has 0 bridgehead atoms. The van der Waals surface area contributed by atoms with Crippen molar-refractivity contribution in [2.24, 2.45) is 5.92 Å². The summed E-state index contributed by atoms with van der Waals surface area (Å²) < 4.78 is 5.37. The third-order valence-electron chi connectivity index (χ3n) is 4.10. The molecule has 0 radical (unpaired) electrons. The van der Waals surface area contributed by atoms with Crippen molar-refractivity contribution < 1.29 is 4.42 Å². The van der Waals surface area contributed by atoms with E-state index in [0.717, 1.165) is 28.7 Å². The zero-order chi connectivity index (χ0) is 14.2. The normalized spacial score (nSPS) is 17.9. The van der Waals surface area contributed by atoms with E-state index in [4.69, 9.17) is 4.42 Å². The summed E-state index contributed by atoms with van der Waals surface area (Å²) in [6.45, 7) is 2.98. The molecule has 0 amide bonds. The van der Waals surface area contributed by atoms with Crippen molar-refractivity contribution in [3.8, 4) is 0 Å². The third-order valence-corrected chi connectivity index (χ3v) is 5.26. The average Bonchev–Trinajstić information content (AvgIpc) is 3.11. The van der Waals surface area contributed by atoms with Crippen LogP contribution in [-0.4, -0.2) is 9.97 Å². The Morgan fingerprint density at radius 3 is 3.24 bits per heavy atom. The summed E-state index contributed by atoms with van der Waals surface area (Å²) in [6, 6.07) is 3.87. The summed E-state index contributed by atoms with van der Waals surface area (Å²) >= 11 is 1.83. The standard InChI is InChI=1S/C16H17N3OS/c1-10-4-5-12-13(7-10)21-16-14(12)15(18-9-19-16)17-8-11-3-2-6-20-11/h2-3,6,9-10H,4-5,7-8H2,1H3,(H,17,18,19)/t10-/m1/s1. The smallest absolute Gasteiger partial charge is 0.138 e. The molecule has 4 rings (SSSR count). The number of hydrogen-bond acceptors (Lipinski definition) is 5. The van der Waals surface area contributed by atoms with Crippen LogP contribution >= 0.6 is 11.3 Å². The molecule has 4 nitrogen and oxygen atoms in total. The van der Waals surface area contributed by atoms with Crippen LogP contribution in [0.4, 0.5) is 5.82 Å². The largest absolute Gasteiger partial charge is 0.467 e. The first-order valence-electron chi connectivity index (χ1n) is 7.33. The highest BCUT2D eigenvalue weighted by molar-refractivity contribution is 7.19. The summed E-state index contributed by atoms with van der Waals surface area (Å²) in [5, 5.41) is 4.62. The minimum absolute atomic E-state index is 0.653. The second-order valence-corrected chi connectivity index (χ2v) is 6.77. The Morgan fingerprint density at radius 1 is 1.43 bits per heavy atom. The molecule has 1 N–H and O–H groups in total. The molecule has 1 aliphatic carbocycles. The van der Waals surface area contributed by atoms with Crippen LogP contribution in [0, 0.1) is 5.92 Å². The van der Waals surface area contributed by atoms with E-state index in [0.29, 0.717) is 6.54 Å². The lowest BCUT2D eigenvalue weighted by Gasteiger charge is -2.18. The van der Waals surface area contributed by atoms with Gasteiger partial charge in [-0.05, 0) is 42.9 Å². The van der Waals surface area contributed by atoms with Crippen molar-refractivity contribution >= 4 is 27.4 Å². The summed E-state index contributed by atoms with van der Waals surface area (Å²) in [4.78, 5) is 11.5. The number of nitrogens with zero attached hydrogens (tertiary/aromatic N) is 2. The summed E-state index contributed by atoms with van der Waals surface area (Å²) in [5.41, 5.74) is 1.45. The van der Waals surface area contributed by atoms with E-state index in [9.17, 15) is 0 Å². The molecule has 1 atom stereocenters. The molecule has 0 unspecified atom stereocenters. The number of hydrogen-bond donors (Lipinski definition) is 1. The zero-order valence-corrected chi connectivity index (χ0v) is 12.7. The van der Waals surface area contributed by atoms with Crippen LogP contribution in [0.2, 0.25) is 0 Å². The Bertz CT molecular complexity index is 763. The lowest BCUT2D eigenvalue weighted by molar-refractivity contribution is 0.509. The molecule has 0 saturated heterocycles. The molecule has 0 aliphatic heterocycles. The van der Waals surface area contributed by atoms with Crippen molar-refractivity contribution in [1.82, 2.24) is 9.97 Å². The van der Waals surface area contributed by atoms with E-state index in [-0.39, 0.29) is 0 Å². The number of fused-ring (bicyclic) bond motifs is 3. The summed E-state index contributed by atoms with van der Waals surface area (Å²) in [5.74, 6) is 2.63. The molecule has 21 heavy (non-hydrogen) atoms. The number of anilines is 1. The van der Waals surface area contributed by atoms with Crippen molar-refractivity contribution in [2.75, 3.05) is 5.32 Å². The van der Waals surface area contributed by atoms with Crippen molar-refractivity contribution in [3.05, 3.63) is 40.9 Å². The first kappa shape index (κ1) is 12.8. The highest BCUT2D eigenvalue weighted by atomic mass is 32.1. The maximum absolute atomic E-state index is 5.37. The Hall–Kier alpha value is -1.88. The molecule has 3 aromatic rings. The predicted octanol–water partition coefficient (Wildman–Crippen LogP) is 4.02. The van der Waals surface area contributed by atoms with Gasteiger partial charge in [-0.25, -0.2) is 9.97 Å². The number of thiophene rings is 1. The molecule has 0 spiro atoms. The summed E-state index contributed by atoms with van der Waals surface area (Å²) in [7, 11) is 0. The second kappa shape index (κ2) is 5.15. The summed E-state index contributed by atoms with van der Waals surface area (Å²) in [6.07, 6.45) is 6.91. The molecule has 0 fully saturated rings. The third kappa shape index (κ3) is 2.31. The van der Waals surface area contributed by atoms with Gasteiger partial charge in [-0.3, -0.25) is 0 Å². The fourth-order valence-corrected chi connectivity index (χ4v) is 4.34. The van der Waals surface area contributed by atoms with Crippen LogP contribution in [0.15, 0.2) is 29.1 Å². The van der Waals surface area contributed by atoms with E-state index in [1.54, 1.807) is 12.6 Å². The van der Waals surface area contributed by atoms with E-state index in [1.807, 2.05) is 23.5 Å². The SMILES string of the molecule is C[C@@H]1CCc2c(sc3ncnc(NCc4ccco4)c23)C1. The van der Waals surface area contributed by atoms with Crippen LogP contribution in [-0.2, 0) is 19.4 Å². The lowest BCUT2D eigenvalue weighted by Crippen LogP contribution is -2.09. The van der Waals surface area contributed by atoms with Crippen LogP contribution in [0.5, 0.6) is 0 Å². The first-order chi connectivity index (χ1) is 10.3. The number of aryl methyl sites for hydroxylation is 1. The number of rotatable bonds is 3. The maximum atomic E-state index is 5.37. The maximum Gasteiger partial charge on any atom is 0.138 e. The van der Waals surface area contributed by atoms with Gasteiger partial charge < -0.3 is 9.73 Å². The van der Waals surface area contributed by atoms with Crippen LogP contribution in [0.3, 0.4) is 0 Å². The predicted molar refractivity (Wildman–Crippen MR) is 84.6 cm³/mol.